The number of benzene rings is 1. The fourth-order valence-corrected chi connectivity index (χ4v) is 2.94. The van der Waals surface area contributed by atoms with Crippen LogP contribution in [0.25, 0.3) is 5.69 Å². The first-order chi connectivity index (χ1) is 13.7. The Morgan fingerprint density at radius 2 is 2.07 bits per heavy atom. The molecule has 1 aliphatic rings. The Labute approximate surface area is 168 Å². The van der Waals surface area contributed by atoms with Gasteiger partial charge in [-0.2, -0.15) is 5.10 Å². The van der Waals surface area contributed by atoms with Crippen LogP contribution in [0.4, 0.5) is 14.9 Å². The molecule has 0 aliphatic carbocycles. The second-order valence-corrected chi connectivity index (χ2v) is 7.82. The highest BCUT2D eigenvalue weighted by Gasteiger charge is 2.31. The minimum Gasteiger partial charge on any atom is -0.444 e. The molecule has 1 aromatic heterocycles. The van der Waals surface area contributed by atoms with E-state index in [0.29, 0.717) is 24.2 Å². The summed E-state index contributed by atoms with van der Waals surface area (Å²) >= 11 is 0. The second kappa shape index (κ2) is 8.60. The molecule has 2 atom stereocenters. The van der Waals surface area contributed by atoms with Crippen molar-refractivity contribution >= 4 is 17.7 Å². The smallest absolute Gasteiger partial charge is 0.407 e. The van der Waals surface area contributed by atoms with Gasteiger partial charge in [0, 0.05) is 6.54 Å². The Balaban J connectivity index is 1.49. The number of rotatable bonds is 5. The third-order valence-electron chi connectivity index (χ3n) is 4.22. The highest BCUT2D eigenvalue weighted by atomic mass is 19.1. The number of ether oxygens (including phenoxy) is 2. The molecule has 0 radical (unpaired) electrons. The van der Waals surface area contributed by atoms with Gasteiger partial charge >= 0.3 is 6.09 Å². The maximum Gasteiger partial charge on any atom is 0.407 e. The van der Waals surface area contributed by atoms with E-state index in [4.69, 9.17) is 9.47 Å². The summed E-state index contributed by atoms with van der Waals surface area (Å²) in [6, 6.07) is 6.23. The number of aromatic nitrogens is 2. The number of nitrogens with zero attached hydrogens (tertiary/aromatic N) is 2. The zero-order chi connectivity index (χ0) is 21.0. The SMILES string of the molecule is CC(C)(C)OC(=O)NC[C@H]1CC[C@H](C(=O)Nc2cnn(-c3ccccc3F)c2)O1. The first-order valence-electron chi connectivity index (χ1n) is 9.44. The third kappa shape index (κ3) is 5.77. The summed E-state index contributed by atoms with van der Waals surface area (Å²) in [5, 5.41) is 9.46. The molecule has 156 valence electrons. The Hall–Kier alpha value is -2.94. The maximum absolute atomic E-state index is 13.8. The lowest BCUT2D eigenvalue weighted by molar-refractivity contribution is -0.126. The van der Waals surface area contributed by atoms with Gasteiger partial charge in [-0.05, 0) is 45.7 Å². The van der Waals surface area contributed by atoms with E-state index < -0.39 is 23.6 Å². The number of nitrogens with one attached hydrogen (secondary N) is 2. The average molecular weight is 404 g/mol. The fraction of sp³-hybridized carbons (Fsp3) is 0.450. The summed E-state index contributed by atoms with van der Waals surface area (Å²) in [5.41, 5.74) is 0.159. The van der Waals surface area contributed by atoms with E-state index in [1.807, 2.05) is 0 Å². The van der Waals surface area contributed by atoms with Gasteiger partial charge in [-0.3, -0.25) is 4.79 Å². The molecule has 0 unspecified atom stereocenters. The van der Waals surface area contributed by atoms with Gasteiger partial charge in [-0.1, -0.05) is 12.1 Å². The van der Waals surface area contributed by atoms with Gasteiger partial charge in [0.05, 0.1) is 24.2 Å². The molecular weight excluding hydrogens is 379 g/mol. The van der Waals surface area contributed by atoms with Crippen molar-refractivity contribution in [2.75, 3.05) is 11.9 Å². The van der Waals surface area contributed by atoms with Crippen molar-refractivity contribution in [1.29, 1.82) is 0 Å². The van der Waals surface area contributed by atoms with E-state index in [0.717, 1.165) is 0 Å². The van der Waals surface area contributed by atoms with Gasteiger partial charge in [-0.25, -0.2) is 13.9 Å². The van der Waals surface area contributed by atoms with Crippen LogP contribution < -0.4 is 10.6 Å². The molecule has 1 aromatic carbocycles. The molecule has 2 amide bonds. The standard InChI is InChI=1S/C20H25FN4O4/c1-20(2,3)29-19(27)22-11-14-8-9-17(28-14)18(26)24-13-10-23-25(12-13)16-7-5-4-6-15(16)21/h4-7,10,12,14,17H,8-9,11H2,1-3H3,(H,22,27)(H,24,26)/t14-,17-/m1/s1. The second-order valence-electron chi connectivity index (χ2n) is 7.82. The van der Waals surface area contributed by atoms with Gasteiger partial charge in [0.25, 0.3) is 5.91 Å². The zero-order valence-corrected chi connectivity index (χ0v) is 16.6. The predicted molar refractivity (Wildman–Crippen MR) is 104 cm³/mol. The molecule has 2 heterocycles. The average Bonchev–Trinajstić information content (AvgIpc) is 3.28. The first-order valence-corrected chi connectivity index (χ1v) is 9.44. The van der Waals surface area contributed by atoms with E-state index in [1.165, 1.54) is 23.1 Å². The quantitative estimate of drug-likeness (QED) is 0.799. The van der Waals surface area contributed by atoms with Crippen LogP contribution in [0.2, 0.25) is 0 Å². The molecule has 2 N–H and O–H groups in total. The number of halogens is 1. The van der Waals surface area contributed by atoms with Crippen LogP contribution >= 0.6 is 0 Å². The van der Waals surface area contributed by atoms with E-state index in [2.05, 4.69) is 15.7 Å². The Bertz CT molecular complexity index is 877. The number of amides is 2. The third-order valence-corrected chi connectivity index (χ3v) is 4.22. The Morgan fingerprint density at radius 1 is 1.31 bits per heavy atom. The van der Waals surface area contributed by atoms with Gasteiger partial charge in [0.2, 0.25) is 0 Å². The van der Waals surface area contributed by atoms with Crippen LogP contribution in [0.3, 0.4) is 0 Å². The number of para-hydroxylation sites is 1. The van der Waals surface area contributed by atoms with Crippen LogP contribution in [-0.2, 0) is 14.3 Å². The molecule has 29 heavy (non-hydrogen) atoms. The van der Waals surface area contributed by atoms with Crippen LogP contribution in [0, 0.1) is 5.82 Å². The number of carbonyl (C=O) groups is 2. The number of alkyl carbamates (subject to hydrolysis) is 1. The molecule has 3 rings (SSSR count). The lowest BCUT2D eigenvalue weighted by Crippen LogP contribution is -2.37. The number of carbonyl (C=O) groups excluding carboxylic acids is 2. The Morgan fingerprint density at radius 3 is 2.79 bits per heavy atom. The van der Waals surface area contributed by atoms with Gasteiger partial charge in [0.15, 0.2) is 0 Å². The highest BCUT2D eigenvalue weighted by molar-refractivity contribution is 5.94. The summed E-state index contributed by atoms with van der Waals surface area (Å²) in [6.07, 6.45) is 2.75. The topological polar surface area (TPSA) is 94.5 Å². The van der Waals surface area contributed by atoms with Gasteiger partial charge in [-0.15, -0.1) is 0 Å². The summed E-state index contributed by atoms with van der Waals surface area (Å²) < 4.78 is 26.1. The van der Waals surface area contributed by atoms with E-state index >= 15 is 0 Å². The molecule has 0 bridgehead atoms. The number of hydrogen-bond donors (Lipinski definition) is 2. The predicted octanol–water partition coefficient (Wildman–Crippen LogP) is 3.02. The highest BCUT2D eigenvalue weighted by Crippen LogP contribution is 2.21. The molecule has 9 heteroatoms. The molecule has 2 aromatic rings. The zero-order valence-electron chi connectivity index (χ0n) is 16.6. The summed E-state index contributed by atoms with van der Waals surface area (Å²) in [6.45, 7) is 5.62. The monoisotopic (exact) mass is 404 g/mol. The van der Waals surface area contributed by atoms with Gasteiger partial charge < -0.3 is 20.1 Å². The minimum absolute atomic E-state index is 0.264. The molecule has 8 nitrogen and oxygen atoms in total. The Kier molecular flexibility index (Phi) is 6.17. The molecule has 1 fully saturated rings. The van der Waals surface area contributed by atoms with Crippen LogP contribution in [-0.4, -0.2) is 46.1 Å². The summed E-state index contributed by atoms with van der Waals surface area (Å²) in [5.74, 6) is -0.717. The lowest BCUT2D eigenvalue weighted by Gasteiger charge is -2.20. The normalized spacial score (nSPS) is 19.0. The fourth-order valence-electron chi connectivity index (χ4n) is 2.94. The van der Waals surface area contributed by atoms with E-state index in [1.54, 1.807) is 39.0 Å². The van der Waals surface area contributed by atoms with Crippen molar-refractivity contribution in [1.82, 2.24) is 15.1 Å². The van der Waals surface area contributed by atoms with E-state index in [-0.39, 0.29) is 18.6 Å². The van der Waals surface area contributed by atoms with Crippen LogP contribution in [0.1, 0.15) is 33.6 Å². The largest absolute Gasteiger partial charge is 0.444 e. The first kappa shape index (κ1) is 20.8. The number of hydrogen-bond acceptors (Lipinski definition) is 5. The van der Waals surface area contributed by atoms with E-state index in [9.17, 15) is 14.0 Å². The molecular formula is C20H25FN4O4. The van der Waals surface area contributed by atoms with Crippen molar-refractivity contribution in [3.05, 3.63) is 42.5 Å². The number of anilines is 1. The van der Waals surface area contributed by atoms with Crippen molar-refractivity contribution in [3.8, 4) is 5.69 Å². The van der Waals surface area contributed by atoms with Crippen molar-refractivity contribution in [2.45, 2.75) is 51.4 Å². The van der Waals surface area contributed by atoms with Crippen molar-refractivity contribution < 1.29 is 23.5 Å². The summed E-state index contributed by atoms with van der Waals surface area (Å²) in [7, 11) is 0. The maximum atomic E-state index is 13.8. The summed E-state index contributed by atoms with van der Waals surface area (Å²) in [4.78, 5) is 24.2. The minimum atomic E-state index is -0.628. The molecule has 0 saturated carbocycles. The molecule has 1 aliphatic heterocycles. The van der Waals surface area contributed by atoms with Crippen LogP contribution in [0.5, 0.6) is 0 Å². The van der Waals surface area contributed by atoms with Gasteiger partial charge in [0.1, 0.15) is 23.2 Å². The van der Waals surface area contributed by atoms with Crippen molar-refractivity contribution in [2.24, 2.45) is 0 Å². The lowest BCUT2D eigenvalue weighted by atomic mass is 10.2. The molecule has 1 saturated heterocycles. The van der Waals surface area contributed by atoms with Crippen molar-refractivity contribution in [3.63, 3.8) is 0 Å². The molecule has 0 spiro atoms. The van der Waals surface area contributed by atoms with Crippen LogP contribution in [0.15, 0.2) is 36.7 Å².